The van der Waals surface area contributed by atoms with Gasteiger partial charge in [0.2, 0.25) is 11.8 Å². The fraction of sp³-hybridized carbons (Fsp3) is 0.579. The molecule has 1 aliphatic carbocycles. The van der Waals surface area contributed by atoms with Crippen LogP contribution in [0.5, 0.6) is 0 Å². The van der Waals surface area contributed by atoms with Crippen molar-refractivity contribution in [1.82, 2.24) is 5.32 Å². The number of halogens is 1. The normalized spacial score (nSPS) is 20.1. The van der Waals surface area contributed by atoms with Crippen molar-refractivity contribution in [3.8, 4) is 0 Å². The fourth-order valence-corrected chi connectivity index (χ4v) is 3.33. The van der Waals surface area contributed by atoms with Gasteiger partial charge in [0.25, 0.3) is 0 Å². The minimum absolute atomic E-state index is 0.0134. The Morgan fingerprint density at radius 2 is 1.80 bits per heavy atom. The first-order chi connectivity index (χ1) is 12.0. The Morgan fingerprint density at radius 3 is 2.44 bits per heavy atom. The van der Waals surface area contributed by atoms with E-state index in [0.29, 0.717) is 18.2 Å². The Balaban J connectivity index is 1.78. The van der Waals surface area contributed by atoms with Crippen molar-refractivity contribution in [1.29, 1.82) is 0 Å². The molecule has 25 heavy (non-hydrogen) atoms. The predicted molar refractivity (Wildman–Crippen MR) is 99.8 cm³/mol. The van der Waals surface area contributed by atoms with E-state index in [1.807, 2.05) is 19.1 Å². The van der Waals surface area contributed by atoms with Gasteiger partial charge >= 0.3 is 0 Å². The van der Waals surface area contributed by atoms with Crippen molar-refractivity contribution in [3.63, 3.8) is 0 Å². The molecule has 2 amide bonds. The maximum Gasteiger partial charge on any atom is 0.227 e. The summed E-state index contributed by atoms with van der Waals surface area (Å²) < 4.78 is 4.97. The van der Waals surface area contributed by atoms with Crippen LogP contribution < -0.4 is 10.6 Å². The van der Waals surface area contributed by atoms with Gasteiger partial charge in [-0.3, -0.25) is 9.59 Å². The number of aryl methyl sites for hydroxylation is 1. The van der Waals surface area contributed by atoms with Gasteiger partial charge in [-0.15, -0.1) is 0 Å². The van der Waals surface area contributed by atoms with Crippen molar-refractivity contribution >= 4 is 29.1 Å². The van der Waals surface area contributed by atoms with Crippen LogP contribution >= 0.6 is 11.6 Å². The topological polar surface area (TPSA) is 67.4 Å². The highest BCUT2D eigenvalue weighted by molar-refractivity contribution is 6.31. The minimum Gasteiger partial charge on any atom is -0.385 e. The zero-order valence-corrected chi connectivity index (χ0v) is 15.7. The first-order valence-corrected chi connectivity index (χ1v) is 9.22. The highest BCUT2D eigenvalue weighted by Crippen LogP contribution is 2.30. The van der Waals surface area contributed by atoms with Gasteiger partial charge in [0, 0.05) is 42.8 Å². The van der Waals surface area contributed by atoms with Crippen LogP contribution in [0, 0.1) is 18.8 Å². The van der Waals surface area contributed by atoms with Crippen LogP contribution in [-0.2, 0) is 14.3 Å². The van der Waals surface area contributed by atoms with Crippen molar-refractivity contribution in [2.45, 2.75) is 39.0 Å². The number of carbonyl (C=O) groups excluding carboxylic acids is 2. The molecule has 1 fully saturated rings. The van der Waals surface area contributed by atoms with Crippen LogP contribution in [0.25, 0.3) is 0 Å². The third-order valence-corrected chi connectivity index (χ3v) is 4.99. The van der Waals surface area contributed by atoms with E-state index in [0.717, 1.165) is 43.4 Å². The zero-order chi connectivity index (χ0) is 18.2. The number of methoxy groups -OCH3 is 1. The van der Waals surface area contributed by atoms with E-state index in [9.17, 15) is 9.59 Å². The molecule has 0 saturated heterocycles. The average molecular weight is 367 g/mol. The molecule has 2 N–H and O–H groups in total. The lowest BCUT2D eigenvalue weighted by molar-refractivity contribution is -0.128. The molecule has 0 aromatic heterocycles. The van der Waals surface area contributed by atoms with Crippen LogP contribution in [0.4, 0.5) is 5.69 Å². The van der Waals surface area contributed by atoms with E-state index < -0.39 is 0 Å². The molecule has 0 bridgehead atoms. The van der Waals surface area contributed by atoms with Gasteiger partial charge in [0.15, 0.2) is 0 Å². The van der Waals surface area contributed by atoms with Gasteiger partial charge in [0.1, 0.15) is 0 Å². The third kappa shape index (κ3) is 6.01. The van der Waals surface area contributed by atoms with Crippen molar-refractivity contribution in [3.05, 3.63) is 28.8 Å². The summed E-state index contributed by atoms with van der Waals surface area (Å²) in [6.45, 7) is 3.23. The number of ether oxygens (including phenoxy) is 1. The van der Waals surface area contributed by atoms with E-state index in [1.54, 1.807) is 13.2 Å². The Morgan fingerprint density at radius 1 is 1.16 bits per heavy atom. The summed E-state index contributed by atoms with van der Waals surface area (Å²) >= 11 is 6.00. The maximum atomic E-state index is 12.5. The molecule has 2 rings (SSSR count). The standard InChI is InChI=1S/C19H27ClN2O3/c1-13-4-9-16(20)12-17(13)22-19(24)15-7-5-14(6-8-15)18(23)21-10-3-11-25-2/h4,9,12,14-15H,3,5-8,10-11H2,1-2H3,(H,21,23)(H,22,24). The first-order valence-electron chi connectivity index (χ1n) is 8.85. The Labute approximate surface area is 154 Å². The summed E-state index contributed by atoms with van der Waals surface area (Å²) in [5, 5.41) is 6.53. The van der Waals surface area contributed by atoms with Crippen molar-refractivity contribution in [2.75, 3.05) is 25.6 Å². The van der Waals surface area contributed by atoms with Gasteiger partial charge in [-0.1, -0.05) is 17.7 Å². The van der Waals surface area contributed by atoms with E-state index in [1.165, 1.54) is 0 Å². The van der Waals surface area contributed by atoms with Crippen molar-refractivity contribution in [2.24, 2.45) is 11.8 Å². The molecule has 1 saturated carbocycles. The van der Waals surface area contributed by atoms with Gasteiger partial charge in [0.05, 0.1) is 0 Å². The number of carbonyl (C=O) groups is 2. The SMILES string of the molecule is COCCCNC(=O)C1CCC(C(=O)Nc2cc(Cl)ccc2C)CC1. The first kappa shape index (κ1) is 19.7. The lowest BCUT2D eigenvalue weighted by Crippen LogP contribution is -2.36. The lowest BCUT2D eigenvalue weighted by atomic mass is 9.81. The molecule has 0 atom stereocenters. The molecule has 1 aromatic carbocycles. The smallest absolute Gasteiger partial charge is 0.227 e. The number of rotatable bonds is 7. The number of nitrogens with one attached hydrogen (secondary N) is 2. The fourth-order valence-electron chi connectivity index (χ4n) is 3.15. The Bertz CT molecular complexity index is 598. The highest BCUT2D eigenvalue weighted by Gasteiger charge is 2.29. The lowest BCUT2D eigenvalue weighted by Gasteiger charge is -2.27. The summed E-state index contributed by atoms with van der Waals surface area (Å²) in [5.41, 5.74) is 1.75. The number of amides is 2. The molecule has 0 spiro atoms. The Hall–Kier alpha value is -1.59. The number of anilines is 1. The maximum absolute atomic E-state index is 12.5. The molecule has 0 unspecified atom stereocenters. The summed E-state index contributed by atoms with van der Waals surface area (Å²) in [7, 11) is 1.65. The molecule has 0 heterocycles. The van der Waals surface area contributed by atoms with E-state index in [2.05, 4.69) is 10.6 Å². The molecule has 1 aromatic rings. The second-order valence-electron chi connectivity index (χ2n) is 6.63. The number of benzene rings is 1. The molecule has 1 aliphatic rings. The molecule has 138 valence electrons. The highest BCUT2D eigenvalue weighted by atomic mass is 35.5. The summed E-state index contributed by atoms with van der Waals surface area (Å²) in [6.07, 6.45) is 3.80. The van der Waals surface area contributed by atoms with Crippen LogP contribution in [0.2, 0.25) is 5.02 Å². The van der Waals surface area contributed by atoms with E-state index in [4.69, 9.17) is 16.3 Å². The monoisotopic (exact) mass is 366 g/mol. The van der Waals surface area contributed by atoms with Crippen molar-refractivity contribution < 1.29 is 14.3 Å². The number of hydrogen-bond donors (Lipinski definition) is 2. The Kier molecular flexibility index (Phi) is 7.72. The molecule has 6 heteroatoms. The summed E-state index contributed by atoms with van der Waals surface area (Å²) in [4.78, 5) is 24.6. The third-order valence-electron chi connectivity index (χ3n) is 4.75. The average Bonchev–Trinajstić information content (AvgIpc) is 2.61. The quantitative estimate of drug-likeness (QED) is 0.725. The number of hydrogen-bond acceptors (Lipinski definition) is 3. The molecule has 0 aliphatic heterocycles. The largest absolute Gasteiger partial charge is 0.385 e. The summed E-state index contributed by atoms with van der Waals surface area (Å²) in [6, 6.07) is 5.47. The van der Waals surface area contributed by atoms with Gasteiger partial charge in [-0.25, -0.2) is 0 Å². The van der Waals surface area contributed by atoms with Crippen LogP contribution in [0.15, 0.2) is 18.2 Å². The second kappa shape index (κ2) is 9.78. The van der Waals surface area contributed by atoms with E-state index in [-0.39, 0.29) is 23.7 Å². The zero-order valence-electron chi connectivity index (χ0n) is 14.9. The van der Waals surface area contributed by atoms with Crippen LogP contribution in [0.1, 0.15) is 37.7 Å². The molecule has 5 nitrogen and oxygen atoms in total. The molecule has 0 radical (unpaired) electrons. The predicted octanol–water partition coefficient (Wildman–Crippen LogP) is 3.55. The van der Waals surface area contributed by atoms with Gasteiger partial charge < -0.3 is 15.4 Å². The second-order valence-corrected chi connectivity index (χ2v) is 7.07. The van der Waals surface area contributed by atoms with Crippen LogP contribution in [-0.4, -0.2) is 32.1 Å². The summed E-state index contributed by atoms with van der Waals surface area (Å²) in [5.74, 6) is 0.0837. The molecular weight excluding hydrogens is 340 g/mol. The van der Waals surface area contributed by atoms with E-state index >= 15 is 0 Å². The van der Waals surface area contributed by atoms with Gasteiger partial charge in [-0.2, -0.15) is 0 Å². The molecular formula is C19H27ClN2O3. The van der Waals surface area contributed by atoms with Gasteiger partial charge in [-0.05, 0) is 56.7 Å². The minimum atomic E-state index is -0.0454. The van der Waals surface area contributed by atoms with Crippen LogP contribution in [0.3, 0.4) is 0 Å².